The Labute approximate surface area is 176 Å². The van der Waals surface area contributed by atoms with E-state index < -0.39 is 0 Å². The van der Waals surface area contributed by atoms with Gasteiger partial charge >= 0.3 is 0 Å². The Bertz CT molecular complexity index is 1080. The van der Waals surface area contributed by atoms with Gasteiger partial charge in [-0.25, -0.2) is 5.10 Å². The van der Waals surface area contributed by atoms with Gasteiger partial charge in [0.2, 0.25) is 5.95 Å². The minimum Gasteiger partial charge on any atom is -0.289 e. The lowest BCUT2D eigenvalue weighted by molar-refractivity contribution is 0.102. The van der Waals surface area contributed by atoms with Crippen molar-refractivity contribution in [3.63, 3.8) is 0 Å². The first-order valence-corrected chi connectivity index (χ1v) is 10.2. The van der Waals surface area contributed by atoms with E-state index in [1.165, 1.54) is 29.5 Å². The number of hydrogen-bond acceptors (Lipinski definition) is 4. The zero-order chi connectivity index (χ0) is 21.4. The Morgan fingerprint density at radius 2 is 1.57 bits per heavy atom. The standard InChI is InChI=1S/C24H27N5O/c1-23(2)13-14-24(3,4)20-15-17(9-12-19(20)23)6-5-16-7-10-18(11-8-16)21(30)25-22-26-28-29-27-22/h5-12,15H,13-14H2,1-4H3,(H2,25,26,27,28,29,30)/b6-5+. The molecule has 0 unspecified atom stereocenters. The molecule has 4 rings (SSSR count). The van der Waals surface area contributed by atoms with Crippen molar-refractivity contribution < 1.29 is 4.79 Å². The topological polar surface area (TPSA) is 83.6 Å². The number of fused-ring (bicyclic) bond motifs is 1. The lowest BCUT2D eigenvalue weighted by atomic mass is 9.63. The van der Waals surface area contributed by atoms with Crippen molar-refractivity contribution in [1.82, 2.24) is 20.6 Å². The molecule has 3 aromatic rings. The molecule has 0 aliphatic heterocycles. The van der Waals surface area contributed by atoms with E-state index in [0.717, 1.165) is 5.56 Å². The minimum absolute atomic E-state index is 0.197. The van der Waals surface area contributed by atoms with Gasteiger partial charge in [-0.05, 0) is 68.5 Å². The SMILES string of the molecule is CC1(C)CCC(C)(C)c2cc(/C=C/c3ccc(C(=O)Nc4nnn[nH]4)cc3)ccc21. The maximum atomic E-state index is 12.2. The predicted octanol–water partition coefficient (Wildman–Crippen LogP) is 4.97. The number of tetrazole rings is 1. The molecule has 1 amide bonds. The summed E-state index contributed by atoms with van der Waals surface area (Å²) in [7, 11) is 0. The number of carbonyl (C=O) groups excluding carboxylic acids is 1. The van der Waals surface area contributed by atoms with Crippen LogP contribution < -0.4 is 5.32 Å². The highest BCUT2D eigenvalue weighted by molar-refractivity contribution is 6.03. The molecule has 0 spiro atoms. The van der Waals surface area contributed by atoms with Crippen LogP contribution >= 0.6 is 0 Å². The average Bonchev–Trinajstić information content (AvgIpc) is 3.23. The Kier molecular flexibility index (Phi) is 5.02. The fraction of sp³-hybridized carbons (Fsp3) is 0.333. The summed E-state index contributed by atoms with van der Waals surface area (Å²) in [5.74, 6) is -0.0360. The third-order valence-electron chi connectivity index (χ3n) is 6.10. The summed E-state index contributed by atoms with van der Waals surface area (Å²) < 4.78 is 0. The summed E-state index contributed by atoms with van der Waals surface area (Å²) in [5.41, 5.74) is 6.11. The smallest absolute Gasteiger partial charge is 0.258 e. The number of aromatic amines is 1. The highest BCUT2D eigenvalue weighted by Crippen LogP contribution is 2.46. The zero-order valence-electron chi connectivity index (χ0n) is 17.9. The van der Waals surface area contributed by atoms with Gasteiger partial charge in [0.25, 0.3) is 5.91 Å². The van der Waals surface area contributed by atoms with Gasteiger partial charge in [-0.15, -0.1) is 0 Å². The van der Waals surface area contributed by atoms with Gasteiger partial charge in [0.15, 0.2) is 0 Å². The van der Waals surface area contributed by atoms with Crippen LogP contribution in [-0.4, -0.2) is 26.5 Å². The van der Waals surface area contributed by atoms with Gasteiger partial charge in [-0.2, -0.15) is 0 Å². The number of nitrogens with zero attached hydrogens (tertiary/aromatic N) is 3. The molecule has 6 heteroatoms. The molecule has 2 N–H and O–H groups in total. The van der Waals surface area contributed by atoms with Crippen LogP contribution in [0.15, 0.2) is 42.5 Å². The second-order valence-corrected chi connectivity index (χ2v) is 9.23. The number of benzene rings is 2. The number of anilines is 1. The Balaban J connectivity index is 1.51. The molecule has 0 fully saturated rings. The van der Waals surface area contributed by atoms with E-state index >= 15 is 0 Å². The molecule has 154 valence electrons. The van der Waals surface area contributed by atoms with Crippen LogP contribution in [0.5, 0.6) is 0 Å². The third-order valence-corrected chi connectivity index (χ3v) is 6.10. The molecule has 0 saturated carbocycles. The summed E-state index contributed by atoms with van der Waals surface area (Å²) in [5, 5.41) is 15.6. The third kappa shape index (κ3) is 4.03. The van der Waals surface area contributed by atoms with E-state index in [9.17, 15) is 4.79 Å². The molecule has 1 aliphatic rings. The molecule has 1 aromatic heterocycles. The van der Waals surface area contributed by atoms with E-state index in [1.54, 1.807) is 12.1 Å². The summed E-state index contributed by atoms with van der Waals surface area (Å²) in [6, 6.07) is 14.3. The molecular formula is C24H27N5O. The summed E-state index contributed by atoms with van der Waals surface area (Å²) in [6.45, 7) is 9.36. The van der Waals surface area contributed by atoms with Crippen molar-refractivity contribution >= 4 is 24.0 Å². The molecule has 0 saturated heterocycles. The molecule has 0 atom stereocenters. The highest BCUT2D eigenvalue weighted by Gasteiger charge is 2.36. The van der Waals surface area contributed by atoms with Crippen molar-refractivity contribution in [3.05, 3.63) is 70.3 Å². The van der Waals surface area contributed by atoms with Crippen LogP contribution in [0.3, 0.4) is 0 Å². The lowest BCUT2D eigenvalue weighted by Crippen LogP contribution is -2.33. The Hall–Kier alpha value is -3.28. The molecule has 6 nitrogen and oxygen atoms in total. The van der Waals surface area contributed by atoms with Crippen LogP contribution in [0.1, 0.15) is 73.1 Å². The zero-order valence-corrected chi connectivity index (χ0v) is 17.9. The molecule has 30 heavy (non-hydrogen) atoms. The van der Waals surface area contributed by atoms with Crippen LogP contribution in [0.25, 0.3) is 12.2 Å². The Morgan fingerprint density at radius 3 is 2.23 bits per heavy atom. The number of amides is 1. The first-order chi connectivity index (χ1) is 14.2. The molecular weight excluding hydrogens is 374 g/mol. The molecule has 1 aliphatic carbocycles. The largest absolute Gasteiger partial charge is 0.289 e. The van der Waals surface area contributed by atoms with Gasteiger partial charge in [-0.3, -0.25) is 10.1 Å². The summed E-state index contributed by atoms with van der Waals surface area (Å²) in [4.78, 5) is 12.2. The number of nitrogens with one attached hydrogen (secondary N) is 2. The molecule has 2 aromatic carbocycles. The van der Waals surface area contributed by atoms with E-state index in [2.05, 4.69) is 84.0 Å². The van der Waals surface area contributed by atoms with Crippen molar-refractivity contribution in [1.29, 1.82) is 0 Å². The number of carbonyl (C=O) groups is 1. The van der Waals surface area contributed by atoms with E-state index in [4.69, 9.17) is 0 Å². The fourth-order valence-corrected chi connectivity index (χ4v) is 4.04. The molecule has 0 bridgehead atoms. The first-order valence-electron chi connectivity index (χ1n) is 10.2. The molecule has 0 radical (unpaired) electrons. The summed E-state index contributed by atoms with van der Waals surface area (Å²) in [6.07, 6.45) is 6.63. The monoisotopic (exact) mass is 401 g/mol. The number of hydrogen-bond donors (Lipinski definition) is 2. The van der Waals surface area contributed by atoms with Crippen molar-refractivity contribution in [2.24, 2.45) is 0 Å². The number of H-pyrrole nitrogens is 1. The van der Waals surface area contributed by atoms with Gasteiger partial charge in [0.1, 0.15) is 0 Å². The molecule has 1 heterocycles. The van der Waals surface area contributed by atoms with Gasteiger partial charge in [0.05, 0.1) is 0 Å². The van der Waals surface area contributed by atoms with Crippen LogP contribution in [0.2, 0.25) is 0 Å². The van der Waals surface area contributed by atoms with Crippen LogP contribution in [-0.2, 0) is 10.8 Å². The average molecular weight is 402 g/mol. The van der Waals surface area contributed by atoms with Gasteiger partial charge in [0, 0.05) is 5.56 Å². The lowest BCUT2D eigenvalue weighted by Gasteiger charge is -2.42. The maximum absolute atomic E-state index is 12.2. The number of aromatic nitrogens is 4. The normalized spacial score (nSPS) is 16.9. The number of rotatable bonds is 4. The quantitative estimate of drug-likeness (QED) is 0.605. The first kappa shape index (κ1) is 20.0. The van der Waals surface area contributed by atoms with Crippen LogP contribution in [0, 0.1) is 0 Å². The second kappa shape index (κ2) is 7.52. The van der Waals surface area contributed by atoms with E-state index in [-0.39, 0.29) is 22.7 Å². The second-order valence-electron chi connectivity index (χ2n) is 9.23. The highest BCUT2D eigenvalue weighted by atomic mass is 16.1. The minimum atomic E-state index is -0.261. The van der Waals surface area contributed by atoms with Crippen molar-refractivity contribution in [2.75, 3.05) is 5.32 Å². The maximum Gasteiger partial charge on any atom is 0.258 e. The van der Waals surface area contributed by atoms with E-state index in [0.29, 0.717) is 5.56 Å². The fourth-order valence-electron chi connectivity index (χ4n) is 4.04. The van der Waals surface area contributed by atoms with E-state index in [1.807, 2.05) is 12.1 Å². The van der Waals surface area contributed by atoms with Crippen molar-refractivity contribution in [3.8, 4) is 0 Å². The Morgan fingerprint density at radius 1 is 0.933 bits per heavy atom. The van der Waals surface area contributed by atoms with Crippen LogP contribution in [0.4, 0.5) is 5.95 Å². The summed E-state index contributed by atoms with van der Waals surface area (Å²) >= 11 is 0. The van der Waals surface area contributed by atoms with Gasteiger partial charge < -0.3 is 0 Å². The van der Waals surface area contributed by atoms with Gasteiger partial charge in [-0.1, -0.05) is 75.3 Å². The van der Waals surface area contributed by atoms with Crippen molar-refractivity contribution in [2.45, 2.75) is 51.4 Å². The predicted molar refractivity (Wildman–Crippen MR) is 119 cm³/mol.